The summed E-state index contributed by atoms with van der Waals surface area (Å²) in [6, 6.07) is 25.5. The fourth-order valence-corrected chi connectivity index (χ4v) is 4.79. The van der Waals surface area contributed by atoms with E-state index >= 15 is 0 Å². The second-order valence-corrected chi connectivity index (χ2v) is 8.48. The van der Waals surface area contributed by atoms with Gasteiger partial charge in [-0.3, -0.25) is 4.90 Å². The molecule has 7 heteroatoms. The number of anilines is 1. The highest BCUT2D eigenvalue weighted by Crippen LogP contribution is 2.29. The molecule has 0 N–H and O–H groups in total. The van der Waals surface area contributed by atoms with Crippen molar-refractivity contribution >= 4 is 17.0 Å². The van der Waals surface area contributed by atoms with Gasteiger partial charge in [-0.25, -0.2) is 4.68 Å². The molecule has 152 valence electrons. The third-order valence-electron chi connectivity index (χ3n) is 5.61. The zero-order valence-corrected chi connectivity index (χ0v) is 17.5. The van der Waals surface area contributed by atoms with Crippen molar-refractivity contribution in [3.8, 4) is 0 Å². The predicted octanol–water partition coefficient (Wildman–Crippen LogP) is 3.69. The Morgan fingerprint density at radius 3 is 2.27 bits per heavy atom. The highest BCUT2D eigenvalue weighted by molar-refractivity contribution is 7.09. The van der Waals surface area contributed by atoms with Gasteiger partial charge in [0.25, 0.3) is 0 Å². The SMILES string of the molecule is c1ccc(C(c2nnnn2Cc2cccs2)N2CCN(c3ccccc3)CC2)cc1. The van der Waals surface area contributed by atoms with Crippen molar-refractivity contribution in [3.63, 3.8) is 0 Å². The molecule has 0 bridgehead atoms. The minimum Gasteiger partial charge on any atom is -0.369 e. The second-order valence-electron chi connectivity index (χ2n) is 7.45. The molecular weight excluding hydrogens is 392 g/mol. The maximum atomic E-state index is 4.48. The normalized spacial score (nSPS) is 15.9. The molecule has 1 aliphatic rings. The van der Waals surface area contributed by atoms with Gasteiger partial charge in [0.2, 0.25) is 0 Å². The summed E-state index contributed by atoms with van der Waals surface area (Å²) in [5.74, 6) is 0.905. The topological polar surface area (TPSA) is 50.1 Å². The summed E-state index contributed by atoms with van der Waals surface area (Å²) in [7, 11) is 0. The largest absolute Gasteiger partial charge is 0.369 e. The van der Waals surface area contributed by atoms with Gasteiger partial charge in [0.1, 0.15) is 0 Å². The molecule has 1 fully saturated rings. The maximum Gasteiger partial charge on any atom is 0.173 e. The van der Waals surface area contributed by atoms with Crippen molar-refractivity contribution in [2.75, 3.05) is 31.1 Å². The number of hydrogen-bond acceptors (Lipinski definition) is 6. The van der Waals surface area contributed by atoms with E-state index in [1.807, 2.05) is 4.68 Å². The minimum absolute atomic E-state index is 0.0408. The molecule has 1 aliphatic heterocycles. The second kappa shape index (κ2) is 8.77. The van der Waals surface area contributed by atoms with Crippen LogP contribution in [0.4, 0.5) is 5.69 Å². The summed E-state index contributed by atoms with van der Waals surface area (Å²) in [5, 5.41) is 14.9. The summed E-state index contributed by atoms with van der Waals surface area (Å²) in [6.07, 6.45) is 0. The highest BCUT2D eigenvalue weighted by Gasteiger charge is 2.30. The molecule has 0 saturated carbocycles. The number of rotatable bonds is 6. The molecule has 1 atom stereocenters. The molecule has 3 heterocycles. The summed E-state index contributed by atoms with van der Waals surface area (Å²) < 4.78 is 1.95. The Labute approximate surface area is 180 Å². The lowest BCUT2D eigenvalue weighted by atomic mass is 10.0. The molecule has 0 aliphatic carbocycles. The minimum atomic E-state index is 0.0408. The zero-order valence-electron chi connectivity index (χ0n) is 16.7. The van der Waals surface area contributed by atoms with E-state index in [4.69, 9.17) is 0 Å². The van der Waals surface area contributed by atoms with Crippen LogP contribution in [0.3, 0.4) is 0 Å². The standard InChI is InChI=1S/C23H24N6S/c1-3-8-19(9-4-1)22(23-24-25-26-29(23)18-21-12-7-17-30-21)28-15-13-27(14-16-28)20-10-5-2-6-11-20/h1-12,17,22H,13-16,18H2. The van der Waals surface area contributed by atoms with Gasteiger partial charge < -0.3 is 4.90 Å². The third kappa shape index (κ3) is 3.99. The fraction of sp³-hybridized carbons (Fsp3) is 0.261. The molecule has 6 nitrogen and oxygen atoms in total. The lowest BCUT2D eigenvalue weighted by molar-refractivity contribution is 0.201. The lowest BCUT2D eigenvalue weighted by Crippen LogP contribution is -2.48. The first-order chi connectivity index (χ1) is 14.9. The van der Waals surface area contributed by atoms with Crippen molar-refractivity contribution in [2.45, 2.75) is 12.6 Å². The van der Waals surface area contributed by atoms with Crippen LogP contribution in [0.2, 0.25) is 0 Å². The van der Waals surface area contributed by atoms with Crippen molar-refractivity contribution in [3.05, 3.63) is 94.4 Å². The average Bonchev–Trinajstić information content (AvgIpc) is 3.49. The monoisotopic (exact) mass is 416 g/mol. The van der Waals surface area contributed by atoms with Crippen LogP contribution in [0.1, 0.15) is 22.3 Å². The van der Waals surface area contributed by atoms with Gasteiger partial charge in [0.05, 0.1) is 12.6 Å². The van der Waals surface area contributed by atoms with E-state index in [1.165, 1.54) is 16.1 Å². The Bertz CT molecular complexity index is 1040. The molecule has 1 unspecified atom stereocenters. The maximum absolute atomic E-state index is 4.48. The van der Waals surface area contributed by atoms with Crippen molar-refractivity contribution in [1.29, 1.82) is 0 Å². The van der Waals surface area contributed by atoms with E-state index < -0.39 is 0 Å². The smallest absolute Gasteiger partial charge is 0.173 e. The number of para-hydroxylation sites is 1. The Morgan fingerprint density at radius 2 is 1.57 bits per heavy atom. The molecule has 2 aromatic heterocycles. The zero-order chi connectivity index (χ0) is 20.2. The summed E-state index contributed by atoms with van der Waals surface area (Å²) in [6.45, 7) is 4.59. The van der Waals surface area contributed by atoms with E-state index in [9.17, 15) is 0 Å². The molecule has 4 aromatic rings. The van der Waals surface area contributed by atoms with Crippen LogP contribution in [0.15, 0.2) is 78.2 Å². The molecule has 0 radical (unpaired) electrons. The molecule has 1 saturated heterocycles. The Balaban J connectivity index is 1.41. The van der Waals surface area contributed by atoms with E-state index in [1.54, 1.807) is 11.3 Å². The van der Waals surface area contributed by atoms with Gasteiger partial charge in [0.15, 0.2) is 5.82 Å². The summed E-state index contributed by atoms with van der Waals surface area (Å²) in [5.41, 5.74) is 2.52. The summed E-state index contributed by atoms with van der Waals surface area (Å²) in [4.78, 5) is 6.21. The first-order valence-electron chi connectivity index (χ1n) is 10.3. The van der Waals surface area contributed by atoms with Crippen molar-refractivity contribution in [2.24, 2.45) is 0 Å². The Morgan fingerprint density at radius 1 is 0.833 bits per heavy atom. The van der Waals surface area contributed by atoms with E-state index in [-0.39, 0.29) is 6.04 Å². The Hall–Kier alpha value is -3.03. The van der Waals surface area contributed by atoms with Gasteiger partial charge in [0, 0.05) is 36.7 Å². The van der Waals surface area contributed by atoms with Crippen LogP contribution in [0, 0.1) is 0 Å². The van der Waals surface area contributed by atoms with Crippen LogP contribution in [-0.2, 0) is 6.54 Å². The highest BCUT2D eigenvalue weighted by atomic mass is 32.1. The van der Waals surface area contributed by atoms with Gasteiger partial charge in [-0.05, 0) is 39.6 Å². The number of thiophene rings is 1. The molecule has 0 amide bonds. The Kier molecular flexibility index (Phi) is 5.54. The third-order valence-corrected chi connectivity index (χ3v) is 6.47. The van der Waals surface area contributed by atoms with E-state index in [0.29, 0.717) is 6.54 Å². The van der Waals surface area contributed by atoms with Crippen LogP contribution < -0.4 is 4.90 Å². The fourth-order valence-electron chi connectivity index (χ4n) is 4.11. The van der Waals surface area contributed by atoms with Crippen LogP contribution in [-0.4, -0.2) is 51.3 Å². The molecule has 0 spiro atoms. The number of aromatic nitrogens is 4. The molecule has 5 rings (SSSR count). The van der Waals surface area contributed by atoms with Crippen molar-refractivity contribution < 1.29 is 0 Å². The number of hydrogen-bond donors (Lipinski definition) is 0. The number of tetrazole rings is 1. The number of benzene rings is 2. The lowest BCUT2D eigenvalue weighted by Gasteiger charge is -2.39. The van der Waals surface area contributed by atoms with Gasteiger partial charge >= 0.3 is 0 Å². The number of piperazine rings is 1. The first kappa shape index (κ1) is 19.0. The number of nitrogens with zero attached hydrogens (tertiary/aromatic N) is 6. The van der Waals surface area contributed by atoms with Gasteiger partial charge in [-0.1, -0.05) is 54.6 Å². The van der Waals surface area contributed by atoms with Gasteiger partial charge in [-0.2, -0.15) is 0 Å². The predicted molar refractivity (Wildman–Crippen MR) is 120 cm³/mol. The van der Waals surface area contributed by atoms with Crippen LogP contribution >= 0.6 is 11.3 Å². The first-order valence-corrected chi connectivity index (χ1v) is 11.1. The van der Waals surface area contributed by atoms with Crippen molar-refractivity contribution in [1.82, 2.24) is 25.1 Å². The van der Waals surface area contributed by atoms with Crippen LogP contribution in [0.5, 0.6) is 0 Å². The van der Waals surface area contributed by atoms with Crippen LogP contribution in [0.25, 0.3) is 0 Å². The molecule has 2 aromatic carbocycles. The summed E-state index contributed by atoms with van der Waals surface area (Å²) >= 11 is 1.73. The van der Waals surface area contributed by atoms with E-state index in [0.717, 1.165) is 32.0 Å². The quantitative estimate of drug-likeness (QED) is 0.480. The van der Waals surface area contributed by atoms with E-state index in [2.05, 4.69) is 104 Å². The molecular formula is C23H24N6S. The average molecular weight is 417 g/mol. The van der Waals surface area contributed by atoms with Gasteiger partial charge in [-0.15, -0.1) is 16.4 Å². The molecule has 30 heavy (non-hydrogen) atoms.